The normalized spacial score (nSPS) is 42.5. The molecule has 116 valence electrons. The fourth-order valence-corrected chi connectivity index (χ4v) is 6.14. The van der Waals surface area contributed by atoms with Gasteiger partial charge in [0.1, 0.15) is 6.10 Å². The predicted octanol–water partition coefficient (Wildman–Crippen LogP) is 0.371. The Morgan fingerprint density at radius 2 is 2.05 bits per heavy atom. The van der Waals surface area contributed by atoms with Crippen LogP contribution in [-0.4, -0.2) is 61.1 Å². The van der Waals surface area contributed by atoms with Crippen molar-refractivity contribution in [2.75, 3.05) is 39.6 Å². The van der Waals surface area contributed by atoms with Gasteiger partial charge in [-0.3, -0.25) is 0 Å². The number of hydrogen-bond acceptors (Lipinski definition) is 4. The van der Waals surface area contributed by atoms with E-state index in [0.29, 0.717) is 12.7 Å². The zero-order valence-corrected chi connectivity index (χ0v) is 14.6. The fraction of sp³-hybridized carbons (Fsp3) is 1.00. The summed E-state index contributed by atoms with van der Waals surface area (Å²) in [6.07, 6.45) is 5.21. The topological polar surface area (TPSA) is 51.2 Å². The molecule has 5 atom stereocenters. The molecule has 0 aromatic carbocycles. The summed E-state index contributed by atoms with van der Waals surface area (Å²) < 4.78 is 17.1. The Bertz CT molecular complexity index is 323. The van der Waals surface area contributed by atoms with E-state index < -0.39 is 0 Å². The largest absolute Gasteiger partial charge is 0.396 e. The van der Waals surface area contributed by atoms with Crippen molar-refractivity contribution in [3.63, 3.8) is 0 Å². The molecule has 0 radical (unpaired) electrons. The van der Waals surface area contributed by atoms with E-state index in [9.17, 15) is 0 Å². The summed E-state index contributed by atoms with van der Waals surface area (Å²) in [5, 5.41) is 8.87. The summed E-state index contributed by atoms with van der Waals surface area (Å²) in [6.45, 7) is 4.17. The molecule has 3 rings (SSSR count). The molecule has 3 aliphatic rings. The van der Waals surface area contributed by atoms with Crippen molar-refractivity contribution in [3.8, 4) is 0 Å². The van der Waals surface area contributed by atoms with Crippen LogP contribution in [0.5, 0.6) is 0 Å². The van der Waals surface area contributed by atoms with E-state index in [0.717, 1.165) is 50.2 Å². The summed E-state index contributed by atoms with van der Waals surface area (Å²) in [4.78, 5) is 0. The van der Waals surface area contributed by atoms with E-state index in [1.165, 1.54) is 29.5 Å². The summed E-state index contributed by atoms with van der Waals surface area (Å²) >= 11 is 0. The number of fused-ring (bicyclic) bond motifs is 2. The lowest BCUT2D eigenvalue weighted by Crippen LogP contribution is -2.40. The summed E-state index contributed by atoms with van der Waals surface area (Å²) in [7, 11) is 1.30. The van der Waals surface area contributed by atoms with Crippen molar-refractivity contribution in [1.29, 1.82) is 0 Å². The molecule has 0 aromatic heterocycles. The first kappa shape index (κ1) is 15.0. The van der Waals surface area contributed by atoms with Crippen LogP contribution in [0.25, 0.3) is 0 Å². The van der Waals surface area contributed by atoms with Gasteiger partial charge in [0.05, 0.1) is 26.4 Å². The highest BCUT2D eigenvalue weighted by molar-refractivity contribution is 6.12. The molecular formula is C15H28O4Si. The molecule has 2 bridgehead atoms. The van der Waals surface area contributed by atoms with Gasteiger partial charge in [0.15, 0.2) is 0 Å². The van der Waals surface area contributed by atoms with Crippen molar-refractivity contribution in [2.45, 2.75) is 37.3 Å². The highest BCUT2D eigenvalue weighted by Crippen LogP contribution is 2.60. The van der Waals surface area contributed by atoms with Crippen LogP contribution in [-0.2, 0) is 14.2 Å². The lowest BCUT2D eigenvalue weighted by Gasteiger charge is -2.40. The minimum atomic E-state index is 0.220. The minimum absolute atomic E-state index is 0.220. The zero-order chi connectivity index (χ0) is 14.0. The van der Waals surface area contributed by atoms with Gasteiger partial charge >= 0.3 is 0 Å². The van der Waals surface area contributed by atoms with E-state index in [1.54, 1.807) is 0 Å². The molecule has 20 heavy (non-hydrogen) atoms. The highest BCUT2D eigenvalue weighted by Gasteiger charge is 2.54. The van der Waals surface area contributed by atoms with Gasteiger partial charge in [-0.15, -0.1) is 0 Å². The number of aliphatic hydroxyl groups excluding tert-OH is 1. The second kappa shape index (κ2) is 6.44. The van der Waals surface area contributed by atoms with Crippen LogP contribution in [0.1, 0.15) is 25.7 Å². The van der Waals surface area contributed by atoms with Crippen LogP contribution < -0.4 is 0 Å². The number of ether oxygens (including phenoxy) is 3. The standard InChI is InChI=1S/C15H28O4Si/c16-2-1-3-17-9-15(10-18-7-12-8-19-12)6-11-4-13(15)14(20)5-11/h11-14,16H,1-10H2,20H3. The molecule has 0 spiro atoms. The Balaban J connectivity index is 1.54. The maximum absolute atomic E-state index is 8.87. The number of epoxide rings is 1. The number of aliphatic hydroxyl groups is 1. The first-order chi connectivity index (χ1) is 9.73. The number of rotatable bonds is 9. The van der Waals surface area contributed by atoms with Crippen molar-refractivity contribution in [1.82, 2.24) is 0 Å². The fourth-order valence-electron chi connectivity index (χ4n) is 4.50. The quantitative estimate of drug-likeness (QED) is 0.380. The Labute approximate surface area is 124 Å². The predicted molar refractivity (Wildman–Crippen MR) is 80.0 cm³/mol. The van der Waals surface area contributed by atoms with Gasteiger partial charge in [0, 0.05) is 28.9 Å². The molecular weight excluding hydrogens is 272 g/mol. The Morgan fingerprint density at radius 1 is 1.25 bits per heavy atom. The lowest BCUT2D eigenvalue weighted by molar-refractivity contribution is -0.0561. The van der Waals surface area contributed by atoms with Crippen molar-refractivity contribution < 1.29 is 19.3 Å². The molecule has 1 aliphatic heterocycles. The molecule has 5 heteroatoms. The summed E-state index contributed by atoms with van der Waals surface area (Å²) in [6, 6.07) is 0. The molecule has 2 aliphatic carbocycles. The third-order valence-corrected chi connectivity index (χ3v) is 6.67. The van der Waals surface area contributed by atoms with E-state index in [1.807, 2.05) is 0 Å². The SMILES string of the molecule is OCCCOCC1(COCC2CO2)CC2CC([SiH3])C1C2. The molecule has 3 fully saturated rings. The van der Waals surface area contributed by atoms with Gasteiger partial charge in [-0.05, 0) is 31.1 Å². The van der Waals surface area contributed by atoms with Crippen molar-refractivity contribution in [3.05, 3.63) is 0 Å². The second-order valence-electron chi connectivity index (χ2n) is 7.09. The number of hydrogen-bond donors (Lipinski definition) is 1. The van der Waals surface area contributed by atoms with Crippen LogP contribution in [0.2, 0.25) is 5.54 Å². The van der Waals surface area contributed by atoms with Gasteiger partial charge in [-0.1, -0.05) is 12.0 Å². The second-order valence-corrected chi connectivity index (χ2v) is 8.57. The Morgan fingerprint density at radius 3 is 2.70 bits per heavy atom. The van der Waals surface area contributed by atoms with Crippen LogP contribution in [0, 0.1) is 17.3 Å². The van der Waals surface area contributed by atoms with Gasteiger partial charge in [-0.2, -0.15) is 0 Å². The average molecular weight is 300 g/mol. The zero-order valence-electron chi connectivity index (χ0n) is 12.6. The van der Waals surface area contributed by atoms with Crippen LogP contribution in [0.15, 0.2) is 0 Å². The van der Waals surface area contributed by atoms with E-state index in [-0.39, 0.29) is 12.0 Å². The van der Waals surface area contributed by atoms with E-state index >= 15 is 0 Å². The highest BCUT2D eigenvalue weighted by atomic mass is 28.1. The third-order valence-electron chi connectivity index (χ3n) is 5.39. The minimum Gasteiger partial charge on any atom is -0.396 e. The Hall–Kier alpha value is 0.0569. The smallest absolute Gasteiger partial charge is 0.104 e. The molecule has 1 saturated heterocycles. The summed E-state index contributed by atoms with van der Waals surface area (Å²) in [5.74, 6) is 1.72. The molecule has 5 unspecified atom stereocenters. The first-order valence-electron chi connectivity index (χ1n) is 8.11. The molecule has 1 heterocycles. The Kier molecular flexibility index (Phi) is 4.82. The molecule has 2 saturated carbocycles. The first-order valence-corrected chi connectivity index (χ1v) is 9.27. The van der Waals surface area contributed by atoms with E-state index in [4.69, 9.17) is 19.3 Å². The van der Waals surface area contributed by atoms with Crippen molar-refractivity contribution >= 4 is 10.2 Å². The monoisotopic (exact) mass is 300 g/mol. The van der Waals surface area contributed by atoms with Gasteiger partial charge < -0.3 is 19.3 Å². The maximum atomic E-state index is 8.87. The average Bonchev–Trinajstić information content (AvgIpc) is 3.08. The van der Waals surface area contributed by atoms with Gasteiger partial charge in [-0.25, -0.2) is 0 Å². The molecule has 0 aromatic rings. The van der Waals surface area contributed by atoms with E-state index in [2.05, 4.69) is 0 Å². The van der Waals surface area contributed by atoms with Crippen LogP contribution in [0.3, 0.4) is 0 Å². The van der Waals surface area contributed by atoms with Crippen molar-refractivity contribution in [2.24, 2.45) is 17.3 Å². The van der Waals surface area contributed by atoms with Crippen LogP contribution >= 0.6 is 0 Å². The lowest BCUT2D eigenvalue weighted by atomic mass is 9.74. The third kappa shape index (κ3) is 3.27. The molecule has 4 nitrogen and oxygen atoms in total. The van der Waals surface area contributed by atoms with Gasteiger partial charge in [0.2, 0.25) is 0 Å². The van der Waals surface area contributed by atoms with Gasteiger partial charge in [0.25, 0.3) is 0 Å². The molecule has 0 amide bonds. The molecule has 1 N–H and O–H groups in total. The maximum Gasteiger partial charge on any atom is 0.104 e. The summed E-state index contributed by atoms with van der Waals surface area (Å²) in [5.41, 5.74) is 1.19. The van der Waals surface area contributed by atoms with Crippen LogP contribution in [0.4, 0.5) is 0 Å².